The van der Waals surface area contributed by atoms with E-state index in [2.05, 4.69) is 20.8 Å². The zero-order valence-electron chi connectivity index (χ0n) is 18.4. The number of hydrogen-bond donors (Lipinski definition) is 4. The van der Waals surface area contributed by atoms with Gasteiger partial charge in [-0.2, -0.15) is 0 Å². The first kappa shape index (κ1) is 21.6. The van der Waals surface area contributed by atoms with Crippen LogP contribution in [-0.4, -0.2) is 39.5 Å². The van der Waals surface area contributed by atoms with Crippen LogP contribution in [0.25, 0.3) is 0 Å². The maximum Gasteiger partial charge on any atom is 0.320 e. The second-order valence-corrected chi connectivity index (χ2v) is 11.5. The van der Waals surface area contributed by atoms with E-state index < -0.39 is 12.0 Å². The Morgan fingerprint density at radius 1 is 1.10 bits per heavy atom. The molecule has 4 fully saturated rings. The Balaban J connectivity index is 1.61. The quantitative estimate of drug-likeness (QED) is 0.572. The number of nitrogens with two attached hydrogens (primary N) is 1. The zero-order chi connectivity index (χ0) is 21.1. The molecule has 29 heavy (non-hydrogen) atoms. The number of fused-ring (bicyclic) bond motifs is 5. The molecule has 4 aliphatic rings. The van der Waals surface area contributed by atoms with Gasteiger partial charge in [0.25, 0.3) is 0 Å². The molecule has 11 atom stereocenters. The first-order chi connectivity index (χ1) is 13.6. The fraction of sp³-hybridized carbons (Fsp3) is 0.958. The lowest BCUT2D eigenvalue weighted by Gasteiger charge is -2.63. The molecule has 4 aliphatic carbocycles. The van der Waals surface area contributed by atoms with E-state index >= 15 is 0 Å². The monoisotopic (exact) mass is 407 g/mol. The van der Waals surface area contributed by atoms with Crippen molar-refractivity contribution in [3.8, 4) is 0 Å². The molecule has 4 saturated carbocycles. The van der Waals surface area contributed by atoms with Crippen LogP contribution < -0.4 is 5.73 Å². The summed E-state index contributed by atoms with van der Waals surface area (Å²) in [4.78, 5) is 11.3. The Morgan fingerprint density at radius 3 is 2.52 bits per heavy atom. The Labute approximate surface area is 175 Å². The number of carboxylic acid groups (broad SMARTS) is 1. The summed E-state index contributed by atoms with van der Waals surface area (Å²) in [5, 5.41) is 32.0. The average molecular weight is 408 g/mol. The molecule has 0 saturated heterocycles. The Kier molecular flexibility index (Phi) is 5.57. The van der Waals surface area contributed by atoms with E-state index in [-0.39, 0.29) is 40.8 Å². The molecule has 5 nitrogen and oxygen atoms in total. The van der Waals surface area contributed by atoms with E-state index in [1.807, 2.05) is 0 Å². The Bertz CT molecular complexity index is 640. The van der Waals surface area contributed by atoms with Crippen molar-refractivity contribution >= 4 is 5.97 Å². The van der Waals surface area contributed by atoms with Crippen LogP contribution in [0.4, 0.5) is 0 Å². The normalized spacial score (nSPS) is 51.4. The van der Waals surface area contributed by atoms with Crippen molar-refractivity contribution < 1.29 is 20.1 Å². The van der Waals surface area contributed by atoms with Gasteiger partial charge in [-0.3, -0.25) is 4.79 Å². The van der Waals surface area contributed by atoms with Gasteiger partial charge in [-0.25, -0.2) is 0 Å². The van der Waals surface area contributed by atoms with Crippen LogP contribution in [-0.2, 0) is 4.79 Å². The van der Waals surface area contributed by atoms with Crippen LogP contribution in [0, 0.1) is 46.3 Å². The molecule has 0 aromatic rings. The maximum atomic E-state index is 11.5. The molecule has 0 aromatic carbocycles. The minimum Gasteiger partial charge on any atom is -0.480 e. The van der Waals surface area contributed by atoms with E-state index in [1.54, 1.807) is 0 Å². The Morgan fingerprint density at radius 2 is 1.83 bits per heavy atom. The number of carbonyl (C=O) groups is 1. The molecule has 166 valence electrons. The molecule has 0 aromatic heterocycles. The highest BCUT2D eigenvalue weighted by atomic mass is 16.4. The zero-order valence-corrected chi connectivity index (χ0v) is 18.4. The SMILES string of the molecule is C[C@H](CC(N)C(=O)O)[C@H]1CC[C@H]2[C@@H]3[C@H](O)C[C@@H]4CCCC[C@]4(C)[C@H]3C[C@H](O)[C@]12C. The molecule has 1 unspecified atom stereocenters. The molecule has 5 N–H and O–H groups in total. The highest BCUT2D eigenvalue weighted by Gasteiger charge is 2.65. The van der Waals surface area contributed by atoms with Gasteiger partial charge in [0, 0.05) is 0 Å². The number of aliphatic hydroxyl groups is 2. The van der Waals surface area contributed by atoms with E-state index in [0.717, 1.165) is 25.7 Å². The number of rotatable bonds is 4. The summed E-state index contributed by atoms with van der Waals surface area (Å²) >= 11 is 0. The molecule has 0 amide bonds. The van der Waals surface area contributed by atoms with Gasteiger partial charge in [-0.1, -0.05) is 33.6 Å². The van der Waals surface area contributed by atoms with Crippen LogP contribution in [0.15, 0.2) is 0 Å². The lowest BCUT2D eigenvalue weighted by Crippen LogP contribution is -2.61. The van der Waals surface area contributed by atoms with Crippen molar-refractivity contribution in [1.82, 2.24) is 0 Å². The third-order valence-corrected chi connectivity index (χ3v) is 10.4. The fourth-order valence-corrected chi connectivity index (χ4v) is 8.85. The fourth-order valence-electron chi connectivity index (χ4n) is 8.85. The molecule has 0 bridgehead atoms. The largest absolute Gasteiger partial charge is 0.480 e. The summed E-state index contributed by atoms with van der Waals surface area (Å²) in [5.74, 6) is 1.06. The van der Waals surface area contributed by atoms with Crippen molar-refractivity contribution in [1.29, 1.82) is 0 Å². The molecule has 0 spiro atoms. The number of hydrogen-bond acceptors (Lipinski definition) is 4. The van der Waals surface area contributed by atoms with Gasteiger partial charge in [-0.15, -0.1) is 0 Å². The minimum atomic E-state index is -0.945. The highest BCUT2D eigenvalue weighted by Crippen LogP contribution is 2.68. The molecule has 0 aliphatic heterocycles. The van der Waals surface area contributed by atoms with Crippen molar-refractivity contribution in [2.24, 2.45) is 52.1 Å². The smallest absolute Gasteiger partial charge is 0.320 e. The van der Waals surface area contributed by atoms with Crippen LogP contribution in [0.3, 0.4) is 0 Å². The van der Waals surface area contributed by atoms with Crippen molar-refractivity contribution in [2.45, 2.75) is 96.8 Å². The number of aliphatic hydroxyl groups excluding tert-OH is 2. The summed E-state index contributed by atoms with van der Waals surface area (Å²) in [6, 6.07) is -0.844. The van der Waals surface area contributed by atoms with Gasteiger partial charge in [0.05, 0.1) is 12.2 Å². The summed E-state index contributed by atoms with van der Waals surface area (Å²) in [6.07, 6.45) is 8.56. The number of aliphatic carboxylic acids is 1. The van der Waals surface area contributed by atoms with Gasteiger partial charge in [0.1, 0.15) is 6.04 Å². The van der Waals surface area contributed by atoms with Gasteiger partial charge in [-0.05, 0) is 91.3 Å². The number of carboxylic acids is 1. The lowest BCUT2D eigenvalue weighted by molar-refractivity contribution is -0.201. The minimum absolute atomic E-state index is 0.154. The van der Waals surface area contributed by atoms with Crippen molar-refractivity contribution in [2.75, 3.05) is 0 Å². The molecule has 4 rings (SSSR count). The second kappa shape index (κ2) is 7.49. The summed E-state index contributed by atoms with van der Waals surface area (Å²) < 4.78 is 0. The van der Waals surface area contributed by atoms with E-state index in [9.17, 15) is 20.1 Å². The standard InChI is InChI=1S/C24H41NO4/c1-13(10-18(25)22(28)29)15-7-8-16-21-17(12-20(27)24(15,16)3)23(2)9-5-4-6-14(23)11-19(21)26/h13-21,26-27H,4-12,25H2,1-3H3,(H,28,29)/t13-,14+,15-,16+,17+,18?,19-,20+,21+,23+,24-/m1/s1. The molecule has 5 heteroatoms. The first-order valence-electron chi connectivity index (χ1n) is 11.9. The Hall–Kier alpha value is -0.650. The molecule has 0 radical (unpaired) electrons. The summed E-state index contributed by atoms with van der Waals surface area (Å²) in [6.45, 7) is 6.77. The van der Waals surface area contributed by atoms with Crippen LogP contribution >= 0.6 is 0 Å². The molecular formula is C24H41NO4. The summed E-state index contributed by atoms with van der Waals surface area (Å²) in [5.41, 5.74) is 5.85. The van der Waals surface area contributed by atoms with Crippen molar-refractivity contribution in [3.05, 3.63) is 0 Å². The first-order valence-corrected chi connectivity index (χ1v) is 11.9. The average Bonchev–Trinajstić information content (AvgIpc) is 3.01. The molecule has 0 heterocycles. The van der Waals surface area contributed by atoms with Crippen LogP contribution in [0.2, 0.25) is 0 Å². The third-order valence-electron chi connectivity index (χ3n) is 10.4. The second-order valence-electron chi connectivity index (χ2n) is 11.5. The maximum absolute atomic E-state index is 11.5. The van der Waals surface area contributed by atoms with Crippen molar-refractivity contribution in [3.63, 3.8) is 0 Å². The predicted octanol–water partition coefficient (Wildman–Crippen LogP) is 3.42. The van der Waals surface area contributed by atoms with Gasteiger partial charge in [0.15, 0.2) is 0 Å². The molecular weight excluding hydrogens is 366 g/mol. The van der Waals surface area contributed by atoms with Gasteiger partial charge < -0.3 is 21.1 Å². The summed E-state index contributed by atoms with van der Waals surface area (Å²) in [7, 11) is 0. The van der Waals surface area contributed by atoms with Crippen LogP contribution in [0.1, 0.15) is 78.6 Å². The highest BCUT2D eigenvalue weighted by molar-refractivity contribution is 5.73. The lowest BCUT2D eigenvalue weighted by atomic mass is 9.43. The van der Waals surface area contributed by atoms with Gasteiger partial charge >= 0.3 is 5.97 Å². The third kappa shape index (κ3) is 3.18. The van der Waals surface area contributed by atoms with Crippen LogP contribution in [0.5, 0.6) is 0 Å². The van der Waals surface area contributed by atoms with Gasteiger partial charge in [0.2, 0.25) is 0 Å². The topological polar surface area (TPSA) is 104 Å². The predicted molar refractivity (Wildman–Crippen MR) is 112 cm³/mol. The van der Waals surface area contributed by atoms with E-state index in [4.69, 9.17) is 5.73 Å². The van der Waals surface area contributed by atoms with E-state index in [0.29, 0.717) is 24.2 Å². The van der Waals surface area contributed by atoms with E-state index in [1.165, 1.54) is 25.7 Å².